The average Bonchev–Trinajstić information content (AvgIpc) is 2.69. The number of hydrogen-bond acceptors (Lipinski definition) is 3. The van der Waals surface area contributed by atoms with E-state index in [0.29, 0.717) is 5.11 Å². The molecule has 0 radical (unpaired) electrons. The molecule has 0 bridgehead atoms. The lowest BCUT2D eigenvalue weighted by Crippen LogP contribution is -2.30. The number of rotatable bonds is 7. The van der Waals surface area contributed by atoms with E-state index in [4.69, 9.17) is 12.2 Å². The Morgan fingerprint density at radius 3 is 2.15 bits per heavy atom. The van der Waals surface area contributed by atoms with Crippen molar-refractivity contribution >= 4 is 46.2 Å². The molecule has 0 saturated heterocycles. The highest BCUT2D eigenvalue weighted by atomic mass is 32.2. The van der Waals surface area contributed by atoms with E-state index in [1.54, 1.807) is 0 Å². The van der Waals surface area contributed by atoms with Crippen molar-refractivity contribution in [2.75, 3.05) is 22.9 Å². The Morgan fingerprint density at radius 2 is 1.44 bits per heavy atom. The first kappa shape index (κ1) is 19.3. The van der Waals surface area contributed by atoms with Gasteiger partial charge in [-0.05, 0) is 67.7 Å². The van der Waals surface area contributed by atoms with Gasteiger partial charge < -0.3 is 16.0 Å². The summed E-state index contributed by atoms with van der Waals surface area (Å²) in [6.45, 7) is 2.92. The first-order valence-electron chi connectivity index (χ1n) is 8.85. The number of anilines is 3. The molecular formula is C22H23N3S2. The molecule has 0 aliphatic rings. The van der Waals surface area contributed by atoms with Gasteiger partial charge in [-0.1, -0.05) is 35.9 Å². The van der Waals surface area contributed by atoms with Gasteiger partial charge in [0.25, 0.3) is 0 Å². The molecule has 0 fully saturated rings. The Labute approximate surface area is 170 Å². The zero-order chi connectivity index (χ0) is 18.9. The van der Waals surface area contributed by atoms with Crippen LogP contribution in [0.25, 0.3) is 0 Å². The summed E-state index contributed by atoms with van der Waals surface area (Å²) in [5.74, 6) is 0.963. The van der Waals surface area contributed by atoms with E-state index in [1.807, 2.05) is 66.4 Å². The van der Waals surface area contributed by atoms with E-state index in [0.717, 1.165) is 29.4 Å². The molecule has 3 aromatic carbocycles. The SMILES string of the molecule is Cc1ccc(SCCNC(=S)Nc2ccc(Nc3ccccc3)cc2)cc1. The lowest BCUT2D eigenvalue weighted by Gasteiger charge is -2.12. The maximum absolute atomic E-state index is 5.37. The zero-order valence-corrected chi connectivity index (χ0v) is 16.9. The number of hydrogen-bond donors (Lipinski definition) is 3. The van der Waals surface area contributed by atoms with Crippen molar-refractivity contribution in [1.82, 2.24) is 5.32 Å². The normalized spacial score (nSPS) is 10.3. The molecule has 27 heavy (non-hydrogen) atoms. The molecule has 3 N–H and O–H groups in total. The van der Waals surface area contributed by atoms with Crippen molar-refractivity contribution in [3.63, 3.8) is 0 Å². The number of benzene rings is 3. The van der Waals surface area contributed by atoms with E-state index in [1.165, 1.54) is 10.5 Å². The molecule has 0 spiro atoms. The highest BCUT2D eigenvalue weighted by molar-refractivity contribution is 7.99. The Morgan fingerprint density at radius 1 is 0.815 bits per heavy atom. The number of thioether (sulfide) groups is 1. The monoisotopic (exact) mass is 393 g/mol. The second-order valence-corrected chi connectivity index (χ2v) is 7.69. The van der Waals surface area contributed by atoms with Gasteiger partial charge in [0, 0.05) is 34.3 Å². The molecule has 0 atom stereocenters. The van der Waals surface area contributed by atoms with Crippen molar-refractivity contribution in [2.45, 2.75) is 11.8 Å². The van der Waals surface area contributed by atoms with Crippen molar-refractivity contribution in [3.8, 4) is 0 Å². The molecule has 0 aliphatic heterocycles. The Kier molecular flexibility index (Phi) is 7.13. The van der Waals surface area contributed by atoms with E-state index < -0.39 is 0 Å². The highest BCUT2D eigenvalue weighted by Gasteiger charge is 2.00. The van der Waals surface area contributed by atoms with Crippen LogP contribution in [0.15, 0.2) is 83.8 Å². The van der Waals surface area contributed by atoms with Crippen molar-refractivity contribution in [2.24, 2.45) is 0 Å². The topological polar surface area (TPSA) is 36.1 Å². The first-order chi connectivity index (χ1) is 13.2. The number of aryl methyl sites for hydroxylation is 1. The minimum atomic E-state index is 0.642. The van der Waals surface area contributed by atoms with Crippen molar-refractivity contribution in [3.05, 3.63) is 84.4 Å². The third-order valence-electron chi connectivity index (χ3n) is 3.88. The first-order valence-corrected chi connectivity index (χ1v) is 10.2. The van der Waals surface area contributed by atoms with Crippen LogP contribution in [0.1, 0.15) is 5.56 Å². The summed E-state index contributed by atoms with van der Waals surface area (Å²) in [6, 6.07) is 26.8. The predicted octanol–water partition coefficient (Wildman–Crippen LogP) is 5.82. The second kappa shape index (κ2) is 10.00. The molecule has 3 aromatic rings. The van der Waals surface area contributed by atoms with Crippen LogP contribution in [0.5, 0.6) is 0 Å². The third kappa shape index (κ3) is 6.62. The fourth-order valence-electron chi connectivity index (χ4n) is 2.47. The largest absolute Gasteiger partial charge is 0.362 e. The van der Waals surface area contributed by atoms with Gasteiger partial charge in [-0.2, -0.15) is 0 Å². The van der Waals surface area contributed by atoms with Crippen LogP contribution in [0.4, 0.5) is 17.1 Å². The Hall–Kier alpha value is -2.50. The average molecular weight is 394 g/mol. The van der Waals surface area contributed by atoms with E-state index in [9.17, 15) is 0 Å². The van der Waals surface area contributed by atoms with Gasteiger partial charge in [-0.15, -0.1) is 11.8 Å². The van der Waals surface area contributed by atoms with Crippen molar-refractivity contribution in [1.29, 1.82) is 0 Å². The number of thiocarbonyl (C=S) groups is 1. The van der Waals surface area contributed by atoms with Crippen LogP contribution in [0, 0.1) is 6.92 Å². The summed E-state index contributed by atoms with van der Waals surface area (Å²) in [6.07, 6.45) is 0. The number of nitrogens with one attached hydrogen (secondary N) is 3. The summed E-state index contributed by atoms with van der Waals surface area (Å²) in [5, 5.41) is 10.5. The molecule has 5 heteroatoms. The van der Waals surface area contributed by atoms with Crippen LogP contribution >= 0.6 is 24.0 Å². The summed E-state index contributed by atoms with van der Waals surface area (Å²) < 4.78 is 0. The van der Waals surface area contributed by atoms with Gasteiger partial charge in [-0.25, -0.2) is 0 Å². The molecule has 3 nitrogen and oxygen atoms in total. The van der Waals surface area contributed by atoms with E-state index >= 15 is 0 Å². The maximum atomic E-state index is 5.37. The number of para-hydroxylation sites is 1. The van der Waals surface area contributed by atoms with Gasteiger partial charge in [0.05, 0.1) is 0 Å². The van der Waals surface area contributed by atoms with E-state index in [2.05, 4.69) is 47.1 Å². The molecule has 0 aliphatic carbocycles. The molecular weight excluding hydrogens is 370 g/mol. The van der Waals surface area contributed by atoms with Gasteiger partial charge in [-0.3, -0.25) is 0 Å². The molecule has 0 amide bonds. The molecule has 0 unspecified atom stereocenters. The van der Waals surface area contributed by atoms with Gasteiger partial charge in [0.1, 0.15) is 0 Å². The predicted molar refractivity (Wildman–Crippen MR) is 122 cm³/mol. The summed E-state index contributed by atoms with van der Waals surface area (Å²) in [5.41, 5.74) is 4.37. The minimum Gasteiger partial charge on any atom is -0.362 e. The maximum Gasteiger partial charge on any atom is 0.170 e. The molecule has 0 saturated carbocycles. The quantitative estimate of drug-likeness (QED) is 0.268. The summed E-state index contributed by atoms with van der Waals surface area (Å²) in [4.78, 5) is 1.28. The van der Waals surface area contributed by atoms with Crippen molar-refractivity contribution < 1.29 is 0 Å². The molecule has 0 heterocycles. The second-order valence-electron chi connectivity index (χ2n) is 6.11. The van der Waals surface area contributed by atoms with Crippen LogP contribution < -0.4 is 16.0 Å². The van der Waals surface area contributed by atoms with E-state index in [-0.39, 0.29) is 0 Å². The van der Waals surface area contributed by atoms with Crippen LogP contribution in [0.3, 0.4) is 0 Å². The fourth-order valence-corrected chi connectivity index (χ4v) is 3.46. The van der Waals surface area contributed by atoms with Gasteiger partial charge in [0.15, 0.2) is 5.11 Å². The van der Waals surface area contributed by atoms with Crippen LogP contribution in [-0.4, -0.2) is 17.4 Å². The third-order valence-corrected chi connectivity index (χ3v) is 5.14. The lowest BCUT2D eigenvalue weighted by atomic mass is 10.2. The summed E-state index contributed by atoms with van der Waals surface area (Å²) in [7, 11) is 0. The van der Waals surface area contributed by atoms with Crippen LogP contribution in [0.2, 0.25) is 0 Å². The van der Waals surface area contributed by atoms with Gasteiger partial charge in [0.2, 0.25) is 0 Å². The van der Waals surface area contributed by atoms with Crippen LogP contribution in [-0.2, 0) is 0 Å². The minimum absolute atomic E-state index is 0.642. The summed E-state index contributed by atoms with van der Waals surface area (Å²) >= 11 is 7.20. The standard InChI is InChI=1S/C22H23N3S2/c1-17-7-13-21(14-8-17)27-16-15-23-22(26)25-20-11-9-19(10-12-20)24-18-5-3-2-4-6-18/h2-14,24H,15-16H2,1H3,(H2,23,25,26). The smallest absolute Gasteiger partial charge is 0.170 e. The molecule has 0 aromatic heterocycles. The molecule has 3 rings (SSSR count). The lowest BCUT2D eigenvalue weighted by molar-refractivity contribution is 0.990. The highest BCUT2D eigenvalue weighted by Crippen LogP contribution is 2.19. The molecule has 138 valence electrons. The Balaban J connectivity index is 1.39. The van der Waals surface area contributed by atoms with Gasteiger partial charge >= 0.3 is 0 Å². The Bertz CT molecular complexity index is 847. The zero-order valence-electron chi connectivity index (χ0n) is 15.2. The fraction of sp³-hybridized carbons (Fsp3) is 0.136.